The molecule has 0 radical (unpaired) electrons. The Hall–Kier alpha value is -0.660. The van der Waals surface area contributed by atoms with E-state index in [-0.39, 0.29) is 6.42 Å². The van der Waals surface area contributed by atoms with Gasteiger partial charge >= 0.3 is 12.1 Å². The Labute approximate surface area is 112 Å². The van der Waals surface area contributed by atoms with Crippen molar-refractivity contribution < 1.29 is 24.2 Å². The fourth-order valence-corrected chi connectivity index (χ4v) is 2.09. The van der Waals surface area contributed by atoms with Gasteiger partial charge in [0.15, 0.2) is 0 Å². The Morgan fingerprint density at radius 1 is 1.53 bits per heavy atom. The van der Waals surface area contributed by atoms with E-state index in [1.54, 1.807) is 6.92 Å². The molecule has 2 unspecified atom stereocenters. The minimum absolute atomic E-state index is 0.222. The van der Waals surface area contributed by atoms with Crippen molar-refractivity contribution >= 4 is 53.1 Å². The van der Waals surface area contributed by atoms with Gasteiger partial charge in [-0.1, -0.05) is 6.92 Å². The second-order valence-corrected chi connectivity index (χ2v) is 4.99. The van der Waals surface area contributed by atoms with E-state index in [1.807, 2.05) is 0 Å². The number of hydrogen-bond acceptors (Lipinski definition) is 5. The Morgan fingerprint density at radius 2 is 2.00 bits per heavy atom. The van der Waals surface area contributed by atoms with Crippen LogP contribution in [-0.4, -0.2) is 44.6 Å². The number of ether oxygens (including phenoxy) is 1. The molecule has 0 aromatic heterocycles. The molecule has 17 heavy (non-hydrogen) atoms. The summed E-state index contributed by atoms with van der Waals surface area (Å²) in [5.41, 5.74) is 0. The molecule has 9 heteroatoms. The number of rotatable bonds is 1. The Bertz CT molecular complexity index is 314. The minimum Gasteiger partial charge on any atom is -0.481 e. The van der Waals surface area contributed by atoms with Crippen molar-refractivity contribution in [2.45, 2.75) is 23.4 Å². The summed E-state index contributed by atoms with van der Waals surface area (Å²) in [6, 6.07) is 0. The first kappa shape index (κ1) is 16.3. The molecular weight excluding hydrogens is 293 g/mol. The molecule has 0 aromatic carbocycles. The number of carboxylic acids is 1. The van der Waals surface area contributed by atoms with Crippen molar-refractivity contribution in [2.75, 3.05) is 7.11 Å². The van der Waals surface area contributed by atoms with Gasteiger partial charge in [0.05, 0.1) is 7.11 Å². The maximum atomic E-state index is 11.1. The van der Waals surface area contributed by atoms with Crippen LogP contribution < -0.4 is 0 Å². The largest absolute Gasteiger partial charge is 0.481 e. The molecule has 1 heterocycles. The van der Waals surface area contributed by atoms with Crippen molar-refractivity contribution in [3.8, 4) is 0 Å². The highest BCUT2D eigenvalue weighted by molar-refractivity contribution is 8.00. The minimum atomic E-state index is -0.865. The van der Waals surface area contributed by atoms with Crippen LogP contribution in [0.3, 0.4) is 0 Å². The van der Waals surface area contributed by atoms with Crippen LogP contribution in [0.15, 0.2) is 0 Å². The predicted molar refractivity (Wildman–Crippen MR) is 64.1 cm³/mol. The summed E-state index contributed by atoms with van der Waals surface area (Å²) >= 11 is 12.0. The van der Waals surface area contributed by atoms with Gasteiger partial charge in [-0.15, -0.1) is 23.2 Å². The van der Waals surface area contributed by atoms with Gasteiger partial charge in [-0.2, -0.15) is 4.31 Å². The lowest BCUT2D eigenvalue weighted by molar-refractivity contribution is -0.136. The van der Waals surface area contributed by atoms with E-state index in [2.05, 4.69) is 4.74 Å². The third-order valence-electron chi connectivity index (χ3n) is 1.52. The fourth-order valence-electron chi connectivity index (χ4n) is 0.646. The summed E-state index contributed by atoms with van der Waals surface area (Å²) in [6.45, 7) is 1.60. The number of imide groups is 1. The highest BCUT2D eigenvalue weighted by atomic mass is 35.5. The quantitative estimate of drug-likeness (QED) is 0.588. The number of carboxylic acid groups (broad SMARTS) is 1. The van der Waals surface area contributed by atoms with Gasteiger partial charge in [0, 0.05) is 6.42 Å². The molecule has 6 nitrogen and oxygen atoms in total. The summed E-state index contributed by atoms with van der Waals surface area (Å²) < 4.78 is 4.53. The van der Waals surface area contributed by atoms with Crippen LogP contribution in [-0.2, 0) is 14.3 Å². The van der Waals surface area contributed by atoms with Crippen LogP contribution in [0.5, 0.6) is 0 Å². The number of halogens is 2. The second kappa shape index (κ2) is 7.62. The molecular formula is C8H11Cl2NO5S. The molecule has 98 valence electrons. The number of nitrogens with zero attached hydrogens (tertiary/aromatic N) is 1. The average Bonchev–Trinajstić information content (AvgIpc) is 2.56. The third kappa shape index (κ3) is 5.01. The number of carbonyl (C=O) groups excluding carboxylic acids is 2. The van der Waals surface area contributed by atoms with Gasteiger partial charge in [-0.05, 0) is 11.9 Å². The summed E-state index contributed by atoms with van der Waals surface area (Å²) in [6.07, 6.45) is -0.529. The van der Waals surface area contributed by atoms with Crippen molar-refractivity contribution in [3.05, 3.63) is 0 Å². The molecule has 0 aromatic rings. The number of hydrogen-bond donors (Lipinski definition) is 1. The van der Waals surface area contributed by atoms with Crippen molar-refractivity contribution in [2.24, 2.45) is 0 Å². The zero-order chi connectivity index (χ0) is 13.6. The topological polar surface area (TPSA) is 83.9 Å². The van der Waals surface area contributed by atoms with Gasteiger partial charge in [0.25, 0.3) is 5.91 Å². The normalized spacial score (nSPS) is 22.8. The highest BCUT2D eigenvalue weighted by Gasteiger charge is 2.43. The van der Waals surface area contributed by atoms with Gasteiger partial charge in [-0.25, -0.2) is 4.79 Å². The lowest BCUT2D eigenvalue weighted by Gasteiger charge is -2.08. The Morgan fingerprint density at radius 3 is 2.24 bits per heavy atom. The first-order valence-corrected chi connectivity index (χ1v) is 6.14. The van der Waals surface area contributed by atoms with Crippen molar-refractivity contribution in [1.29, 1.82) is 0 Å². The summed E-state index contributed by atoms with van der Waals surface area (Å²) in [5.74, 6) is -1.28. The second-order valence-electron chi connectivity index (χ2n) is 2.71. The molecule has 1 rings (SSSR count). The Balaban J connectivity index is 0.000000437. The predicted octanol–water partition coefficient (Wildman–Crippen LogP) is 1.90. The van der Waals surface area contributed by atoms with E-state index in [0.717, 1.165) is 16.3 Å². The maximum absolute atomic E-state index is 11.1. The molecule has 0 bridgehead atoms. The summed E-state index contributed by atoms with van der Waals surface area (Å²) in [7, 11) is 1.18. The third-order valence-corrected chi connectivity index (χ3v) is 3.74. The van der Waals surface area contributed by atoms with Crippen LogP contribution in [0.4, 0.5) is 4.79 Å². The van der Waals surface area contributed by atoms with Crippen LogP contribution in [0.1, 0.15) is 13.3 Å². The molecule has 1 saturated heterocycles. The molecule has 0 aliphatic carbocycles. The van der Waals surface area contributed by atoms with Gasteiger partial charge in [0.2, 0.25) is 0 Å². The average molecular weight is 304 g/mol. The molecule has 2 atom stereocenters. The van der Waals surface area contributed by atoms with Crippen LogP contribution >= 0.6 is 35.1 Å². The first-order valence-electron chi connectivity index (χ1n) is 4.43. The Kier molecular flexibility index (Phi) is 7.33. The number of carbonyl (C=O) groups is 3. The molecule has 1 fully saturated rings. The number of alkyl halides is 2. The number of methoxy groups -OCH3 is 1. The van der Waals surface area contributed by atoms with Crippen molar-refractivity contribution in [3.63, 3.8) is 0 Å². The van der Waals surface area contributed by atoms with E-state index < -0.39 is 28.1 Å². The molecule has 1 aliphatic rings. The zero-order valence-corrected chi connectivity index (χ0v) is 11.4. The SMILES string of the molecule is CCC(=O)O.COC(=O)N1SC(Cl)C(Cl)C1=O. The van der Waals surface area contributed by atoms with Gasteiger partial charge in [-0.3, -0.25) is 9.59 Å². The summed E-state index contributed by atoms with van der Waals surface area (Å²) in [5, 5.41) is 6.86. The number of amides is 2. The molecule has 0 spiro atoms. The summed E-state index contributed by atoms with van der Waals surface area (Å²) in [4.78, 5) is 31.3. The lowest BCUT2D eigenvalue weighted by atomic mass is 10.4. The van der Waals surface area contributed by atoms with E-state index in [9.17, 15) is 14.4 Å². The molecule has 1 aliphatic heterocycles. The van der Waals surface area contributed by atoms with Crippen LogP contribution in [0.2, 0.25) is 0 Å². The molecule has 1 N–H and O–H groups in total. The van der Waals surface area contributed by atoms with Crippen molar-refractivity contribution in [1.82, 2.24) is 4.31 Å². The monoisotopic (exact) mass is 303 g/mol. The highest BCUT2D eigenvalue weighted by Crippen LogP contribution is 2.36. The van der Waals surface area contributed by atoms with Gasteiger partial charge in [0.1, 0.15) is 10.1 Å². The van der Waals surface area contributed by atoms with E-state index in [1.165, 1.54) is 7.11 Å². The number of aliphatic carboxylic acids is 1. The van der Waals surface area contributed by atoms with E-state index in [0.29, 0.717) is 0 Å². The van der Waals surface area contributed by atoms with E-state index in [4.69, 9.17) is 28.3 Å². The first-order chi connectivity index (χ1) is 7.84. The van der Waals surface area contributed by atoms with E-state index >= 15 is 0 Å². The molecule has 0 saturated carbocycles. The standard InChI is InChI=1S/C5H5Cl2NO3S.C3H6O2/c1-11-5(10)8-4(9)2(6)3(7)12-8;1-2-3(4)5/h2-3H,1H3;2H2,1H3,(H,4,5). The van der Waals surface area contributed by atoms with Crippen LogP contribution in [0.25, 0.3) is 0 Å². The lowest BCUT2D eigenvalue weighted by Crippen LogP contribution is -2.30. The van der Waals surface area contributed by atoms with Gasteiger partial charge < -0.3 is 9.84 Å². The smallest absolute Gasteiger partial charge is 0.426 e. The fraction of sp³-hybridized carbons (Fsp3) is 0.625. The zero-order valence-electron chi connectivity index (χ0n) is 9.05. The maximum Gasteiger partial charge on any atom is 0.426 e. The van der Waals surface area contributed by atoms with Crippen LogP contribution in [0, 0.1) is 0 Å². The molecule has 2 amide bonds.